The third-order valence-electron chi connectivity index (χ3n) is 4.97. The van der Waals surface area contributed by atoms with Gasteiger partial charge in [-0.15, -0.1) is 0 Å². The molecule has 1 N–H and O–H groups in total. The zero-order valence-corrected chi connectivity index (χ0v) is 17.6. The van der Waals surface area contributed by atoms with E-state index < -0.39 is 0 Å². The summed E-state index contributed by atoms with van der Waals surface area (Å²) in [6, 6.07) is 25.7. The van der Waals surface area contributed by atoms with Gasteiger partial charge in [-0.25, -0.2) is 0 Å². The van der Waals surface area contributed by atoms with Crippen molar-refractivity contribution in [2.45, 2.75) is 39.8 Å². The van der Waals surface area contributed by atoms with Crippen molar-refractivity contribution in [2.24, 2.45) is 0 Å². The molecule has 0 saturated heterocycles. The van der Waals surface area contributed by atoms with E-state index in [1.54, 1.807) is 4.90 Å². The fourth-order valence-electron chi connectivity index (χ4n) is 3.35. The monoisotopic (exact) mass is 400 g/mol. The molecule has 4 nitrogen and oxygen atoms in total. The lowest BCUT2D eigenvalue weighted by molar-refractivity contribution is -0.120. The minimum absolute atomic E-state index is 0.0205. The van der Waals surface area contributed by atoms with Gasteiger partial charge in [0.25, 0.3) is 0 Å². The number of carbonyl (C=O) groups excluding carboxylic acids is 2. The summed E-state index contributed by atoms with van der Waals surface area (Å²) in [5, 5.41) is 2.95. The lowest BCUT2D eigenvalue weighted by atomic mass is 10.1. The topological polar surface area (TPSA) is 49.4 Å². The van der Waals surface area contributed by atoms with Crippen LogP contribution in [0.15, 0.2) is 78.9 Å². The first-order valence-corrected chi connectivity index (χ1v) is 10.3. The Morgan fingerprint density at radius 3 is 2.20 bits per heavy atom. The molecule has 0 atom stereocenters. The first kappa shape index (κ1) is 21.3. The van der Waals surface area contributed by atoms with Crippen molar-refractivity contribution in [1.29, 1.82) is 0 Å². The quantitative estimate of drug-likeness (QED) is 0.591. The van der Waals surface area contributed by atoms with E-state index in [4.69, 9.17) is 0 Å². The number of nitrogens with zero attached hydrogens (tertiary/aromatic N) is 1. The molecule has 0 saturated carbocycles. The molecule has 0 aliphatic carbocycles. The Morgan fingerprint density at radius 1 is 0.833 bits per heavy atom. The van der Waals surface area contributed by atoms with Gasteiger partial charge in [0.05, 0.1) is 13.0 Å². The summed E-state index contributed by atoms with van der Waals surface area (Å²) >= 11 is 0. The van der Waals surface area contributed by atoms with Gasteiger partial charge in [-0.2, -0.15) is 0 Å². The van der Waals surface area contributed by atoms with Gasteiger partial charge >= 0.3 is 0 Å². The Labute approximate surface area is 178 Å². The van der Waals surface area contributed by atoms with E-state index in [1.807, 2.05) is 86.6 Å². The molecule has 0 spiro atoms. The van der Waals surface area contributed by atoms with Gasteiger partial charge in [-0.3, -0.25) is 9.59 Å². The highest BCUT2D eigenvalue weighted by Crippen LogP contribution is 2.20. The van der Waals surface area contributed by atoms with Crippen molar-refractivity contribution in [1.82, 2.24) is 5.32 Å². The number of carbonyl (C=O) groups is 2. The fraction of sp³-hybridized carbons (Fsp3) is 0.231. The molecular weight excluding hydrogens is 372 g/mol. The van der Waals surface area contributed by atoms with Gasteiger partial charge in [0.1, 0.15) is 0 Å². The summed E-state index contributed by atoms with van der Waals surface area (Å²) in [5.41, 5.74) is 5.11. The van der Waals surface area contributed by atoms with Crippen LogP contribution in [-0.2, 0) is 29.1 Å². The molecule has 0 radical (unpaired) electrons. The van der Waals surface area contributed by atoms with E-state index in [0.29, 0.717) is 25.9 Å². The molecule has 0 unspecified atom stereocenters. The maximum atomic E-state index is 12.5. The molecule has 30 heavy (non-hydrogen) atoms. The number of hydrogen-bond acceptors (Lipinski definition) is 2. The molecular formula is C26H28N2O2. The molecule has 0 bridgehead atoms. The molecule has 4 heteroatoms. The Balaban J connectivity index is 1.64. The number of anilines is 1. The molecule has 3 aromatic rings. The smallest absolute Gasteiger partial charge is 0.227 e. The second kappa shape index (κ2) is 10.4. The zero-order valence-electron chi connectivity index (χ0n) is 17.6. The minimum atomic E-state index is -0.0205. The van der Waals surface area contributed by atoms with Crippen LogP contribution in [0.4, 0.5) is 5.69 Å². The van der Waals surface area contributed by atoms with Gasteiger partial charge < -0.3 is 10.2 Å². The van der Waals surface area contributed by atoms with Crippen LogP contribution in [-0.4, -0.2) is 11.8 Å². The number of benzene rings is 3. The molecule has 0 fully saturated rings. The van der Waals surface area contributed by atoms with Crippen molar-refractivity contribution >= 4 is 17.5 Å². The minimum Gasteiger partial charge on any atom is -0.352 e. The van der Waals surface area contributed by atoms with Crippen molar-refractivity contribution < 1.29 is 9.59 Å². The molecule has 0 aliphatic rings. The summed E-state index contributed by atoms with van der Waals surface area (Å²) < 4.78 is 0. The highest BCUT2D eigenvalue weighted by molar-refractivity contribution is 5.93. The molecule has 3 aromatic carbocycles. The normalized spacial score (nSPS) is 10.5. The molecule has 0 aliphatic heterocycles. The van der Waals surface area contributed by atoms with Crippen LogP contribution in [0.1, 0.15) is 35.6 Å². The summed E-state index contributed by atoms with van der Waals surface area (Å²) in [7, 11) is 0. The maximum absolute atomic E-state index is 12.5. The average molecular weight is 401 g/mol. The molecule has 0 heterocycles. The Morgan fingerprint density at radius 2 is 1.53 bits per heavy atom. The van der Waals surface area contributed by atoms with E-state index in [9.17, 15) is 9.59 Å². The van der Waals surface area contributed by atoms with E-state index >= 15 is 0 Å². The van der Waals surface area contributed by atoms with Crippen LogP contribution in [0, 0.1) is 6.92 Å². The molecule has 154 valence electrons. The summed E-state index contributed by atoms with van der Waals surface area (Å²) in [4.78, 5) is 26.6. The van der Waals surface area contributed by atoms with Crippen molar-refractivity contribution in [3.63, 3.8) is 0 Å². The second-order valence-corrected chi connectivity index (χ2v) is 7.43. The van der Waals surface area contributed by atoms with Gasteiger partial charge in [0, 0.05) is 18.7 Å². The predicted octanol–water partition coefficient (Wildman–Crippen LogP) is 4.80. The van der Waals surface area contributed by atoms with Crippen molar-refractivity contribution in [3.05, 3.63) is 101 Å². The van der Waals surface area contributed by atoms with Crippen LogP contribution >= 0.6 is 0 Å². The Kier molecular flexibility index (Phi) is 7.39. The van der Waals surface area contributed by atoms with E-state index in [0.717, 1.165) is 22.4 Å². The largest absolute Gasteiger partial charge is 0.352 e. The van der Waals surface area contributed by atoms with Gasteiger partial charge in [0.15, 0.2) is 0 Å². The Hall–Kier alpha value is -3.40. The lowest BCUT2D eigenvalue weighted by Crippen LogP contribution is -2.29. The summed E-state index contributed by atoms with van der Waals surface area (Å²) in [6.07, 6.45) is 0.752. The third-order valence-corrected chi connectivity index (χ3v) is 4.97. The molecule has 0 aromatic heterocycles. The van der Waals surface area contributed by atoms with Crippen molar-refractivity contribution in [2.75, 3.05) is 4.90 Å². The maximum Gasteiger partial charge on any atom is 0.227 e. The predicted molar refractivity (Wildman–Crippen MR) is 121 cm³/mol. The Bertz CT molecular complexity index is 981. The van der Waals surface area contributed by atoms with E-state index in [1.165, 1.54) is 5.56 Å². The molecule has 3 rings (SSSR count). The van der Waals surface area contributed by atoms with Gasteiger partial charge in [0.2, 0.25) is 11.8 Å². The number of amides is 2. The molecule has 2 amide bonds. The number of aryl methyl sites for hydroxylation is 1. The number of rotatable bonds is 8. The van der Waals surface area contributed by atoms with E-state index in [2.05, 4.69) is 11.4 Å². The lowest BCUT2D eigenvalue weighted by Gasteiger charge is -2.23. The first-order valence-electron chi connectivity index (χ1n) is 10.3. The zero-order chi connectivity index (χ0) is 21.3. The average Bonchev–Trinajstić information content (AvgIpc) is 2.77. The highest BCUT2D eigenvalue weighted by Gasteiger charge is 2.15. The highest BCUT2D eigenvalue weighted by atomic mass is 16.2. The van der Waals surface area contributed by atoms with Gasteiger partial charge in [-0.1, -0.05) is 79.2 Å². The summed E-state index contributed by atoms with van der Waals surface area (Å²) in [5.74, 6) is 0.0534. The SMILES string of the molecule is CCC(=O)N(Cc1cccc(C)c1)c1ccc(CC(=O)NCc2ccccc2)cc1. The van der Waals surface area contributed by atoms with Crippen molar-refractivity contribution in [3.8, 4) is 0 Å². The van der Waals surface area contributed by atoms with Crippen LogP contribution < -0.4 is 10.2 Å². The number of hydrogen-bond donors (Lipinski definition) is 1. The van der Waals surface area contributed by atoms with Crippen LogP contribution in [0.2, 0.25) is 0 Å². The van der Waals surface area contributed by atoms with Crippen LogP contribution in [0.5, 0.6) is 0 Å². The third kappa shape index (κ3) is 6.05. The first-order chi connectivity index (χ1) is 14.5. The van der Waals surface area contributed by atoms with Gasteiger partial charge in [-0.05, 0) is 35.7 Å². The second-order valence-electron chi connectivity index (χ2n) is 7.43. The van der Waals surface area contributed by atoms with Crippen LogP contribution in [0.25, 0.3) is 0 Å². The standard InChI is InChI=1S/C26H28N2O2/c1-3-26(30)28(19-23-11-7-8-20(2)16-23)24-14-12-21(13-15-24)17-25(29)27-18-22-9-5-4-6-10-22/h4-16H,3,17-19H2,1-2H3,(H,27,29). The fourth-order valence-corrected chi connectivity index (χ4v) is 3.35. The summed E-state index contributed by atoms with van der Waals surface area (Å²) in [6.45, 7) is 4.97. The van der Waals surface area contributed by atoms with Crippen LogP contribution in [0.3, 0.4) is 0 Å². The van der Waals surface area contributed by atoms with E-state index in [-0.39, 0.29) is 11.8 Å². The number of nitrogens with one attached hydrogen (secondary N) is 1.